The SMILES string of the molecule is C#CC.c1ccc(N(c2ccccc2)c2cccc(N(c3ccccc3)c3ccc4c(c3)N(c3ccccc3)c3cccc5c3B4c3ccccc3N5c3ccccc3)c2)cc1. The average molecular weight is 795 g/mol. The van der Waals surface area contributed by atoms with E-state index in [0.717, 1.165) is 45.5 Å². The number of anilines is 12. The number of para-hydroxylation sites is 6. The highest BCUT2D eigenvalue weighted by Gasteiger charge is 2.43. The standard InChI is InChI=1S/C54H39BN4.C3H4/c1-6-20-40(21-7-1)56(41-22-8-2-9-23-41)45-30-18-31-46(38-45)57(42-24-10-3-11-25-42)47-36-37-49-53(39-47)59(44-28-14-5-15-29-44)52-35-19-34-51-54(52)55(49)48-32-16-17-33-50(48)58(51)43-26-12-4-13-27-43;1-3-2/h1-39H;1H,2H3. The van der Waals surface area contributed by atoms with E-state index in [1.54, 1.807) is 6.92 Å². The van der Waals surface area contributed by atoms with Crippen molar-refractivity contribution in [3.8, 4) is 12.3 Å². The number of nitrogens with zero attached hydrogens (tertiary/aromatic N) is 4. The molecule has 0 amide bonds. The molecule has 0 unspecified atom stereocenters. The second kappa shape index (κ2) is 16.8. The third kappa shape index (κ3) is 6.84. The molecule has 0 N–H and O–H groups in total. The molecule has 0 saturated carbocycles. The Morgan fingerprint density at radius 3 is 1.23 bits per heavy atom. The average Bonchev–Trinajstić information content (AvgIpc) is 3.34. The summed E-state index contributed by atoms with van der Waals surface area (Å²) >= 11 is 0. The van der Waals surface area contributed by atoms with E-state index < -0.39 is 0 Å². The molecule has 2 aliphatic rings. The first-order chi connectivity index (χ1) is 30.7. The number of rotatable bonds is 8. The zero-order valence-corrected chi connectivity index (χ0v) is 34.5. The van der Waals surface area contributed by atoms with E-state index in [-0.39, 0.29) is 6.71 Å². The number of hydrogen-bond acceptors (Lipinski definition) is 4. The third-order valence-corrected chi connectivity index (χ3v) is 11.6. The number of terminal acetylenes is 1. The van der Waals surface area contributed by atoms with Crippen LogP contribution < -0.4 is 36.0 Å². The summed E-state index contributed by atoms with van der Waals surface area (Å²) in [6, 6.07) is 85.2. The summed E-state index contributed by atoms with van der Waals surface area (Å²) < 4.78 is 0. The van der Waals surface area contributed by atoms with Gasteiger partial charge in [-0.3, -0.25) is 0 Å². The van der Waals surface area contributed by atoms with E-state index >= 15 is 0 Å². The summed E-state index contributed by atoms with van der Waals surface area (Å²) in [5, 5.41) is 0. The molecule has 2 heterocycles. The lowest BCUT2D eigenvalue weighted by molar-refractivity contribution is 1.23. The van der Waals surface area contributed by atoms with Crippen LogP contribution in [0, 0.1) is 12.3 Å². The molecule has 4 nitrogen and oxygen atoms in total. The Labute approximate surface area is 365 Å². The van der Waals surface area contributed by atoms with Gasteiger partial charge in [-0.25, -0.2) is 0 Å². The lowest BCUT2D eigenvalue weighted by Gasteiger charge is -2.44. The Kier molecular flexibility index (Phi) is 10.3. The van der Waals surface area contributed by atoms with Gasteiger partial charge in [-0.05, 0) is 133 Å². The van der Waals surface area contributed by atoms with Gasteiger partial charge < -0.3 is 19.6 Å². The van der Waals surface area contributed by atoms with Crippen molar-refractivity contribution in [2.45, 2.75) is 6.92 Å². The number of hydrogen-bond donors (Lipinski definition) is 0. The van der Waals surface area contributed by atoms with E-state index in [9.17, 15) is 0 Å². The van der Waals surface area contributed by atoms with Crippen molar-refractivity contribution in [1.82, 2.24) is 0 Å². The quantitative estimate of drug-likeness (QED) is 0.112. The lowest BCUT2D eigenvalue weighted by atomic mass is 9.33. The Bertz CT molecular complexity index is 2970. The molecule has 9 aromatic carbocycles. The Hall–Kier alpha value is -8.20. The molecule has 11 rings (SSSR count). The Morgan fingerprint density at radius 1 is 0.355 bits per heavy atom. The molecule has 0 bridgehead atoms. The van der Waals surface area contributed by atoms with Crippen LogP contribution in [0.15, 0.2) is 237 Å². The van der Waals surface area contributed by atoms with E-state index in [2.05, 4.69) is 269 Å². The van der Waals surface area contributed by atoms with Gasteiger partial charge in [0.25, 0.3) is 6.71 Å². The summed E-state index contributed by atoms with van der Waals surface area (Å²) in [7, 11) is 0. The first-order valence-electron chi connectivity index (χ1n) is 21.0. The first kappa shape index (κ1) is 38.0. The van der Waals surface area contributed by atoms with Crippen LogP contribution in [0.3, 0.4) is 0 Å². The highest BCUT2D eigenvalue weighted by Crippen LogP contribution is 2.46. The van der Waals surface area contributed by atoms with Crippen molar-refractivity contribution in [1.29, 1.82) is 0 Å². The molecule has 294 valence electrons. The second-order valence-electron chi connectivity index (χ2n) is 15.3. The summed E-state index contributed by atoms with van der Waals surface area (Å²) in [4.78, 5) is 9.62. The zero-order valence-electron chi connectivity index (χ0n) is 34.5. The second-order valence-corrected chi connectivity index (χ2v) is 15.3. The molecule has 0 aromatic heterocycles. The third-order valence-electron chi connectivity index (χ3n) is 11.6. The van der Waals surface area contributed by atoms with Crippen LogP contribution >= 0.6 is 0 Å². The van der Waals surface area contributed by atoms with Crippen molar-refractivity contribution in [2.75, 3.05) is 19.6 Å². The minimum absolute atomic E-state index is 0.0418. The van der Waals surface area contributed by atoms with Gasteiger partial charge in [0.1, 0.15) is 0 Å². The van der Waals surface area contributed by atoms with Crippen LogP contribution in [0.5, 0.6) is 0 Å². The predicted octanol–water partition coefficient (Wildman–Crippen LogP) is 13.3. The Morgan fingerprint density at radius 2 is 0.710 bits per heavy atom. The van der Waals surface area contributed by atoms with Crippen LogP contribution in [-0.2, 0) is 0 Å². The molecule has 9 aromatic rings. The largest absolute Gasteiger partial charge is 0.311 e. The maximum Gasteiger partial charge on any atom is 0.252 e. The van der Waals surface area contributed by atoms with Gasteiger partial charge in [-0.1, -0.05) is 127 Å². The molecule has 2 aliphatic heterocycles. The fourth-order valence-electron chi connectivity index (χ4n) is 9.12. The molecule has 62 heavy (non-hydrogen) atoms. The zero-order chi connectivity index (χ0) is 41.8. The van der Waals surface area contributed by atoms with Gasteiger partial charge >= 0.3 is 0 Å². The molecule has 0 atom stereocenters. The molecule has 0 radical (unpaired) electrons. The van der Waals surface area contributed by atoms with Crippen molar-refractivity contribution < 1.29 is 0 Å². The molecular formula is C57H43BN4. The van der Waals surface area contributed by atoms with E-state index in [1.165, 1.54) is 39.1 Å². The van der Waals surface area contributed by atoms with Crippen LogP contribution in [0.2, 0.25) is 0 Å². The highest BCUT2D eigenvalue weighted by molar-refractivity contribution is 7.00. The van der Waals surface area contributed by atoms with Gasteiger partial charge in [-0.2, -0.15) is 0 Å². The van der Waals surface area contributed by atoms with Crippen molar-refractivity contribution in [2.24, 2.45) is 0 Å². The van der Waals surface area contributed by atoms with Crippen molar-refractivity contribution in [3.05, 3.63) is 237 Å². The first-order valence-corrected chi connectivity index (χ1v) is 21.0. The van der Waals surface area contributed by atoms with Crippen LogP contribution in [-0.4, -0.2) is 6.71 Å². The minimum atomic E-state index is 0.0418. The van der Waals surface area contributed by atoms with Crippen LogP contribution in [0.4, 0.5) is 68.2 Å². The minimum Gasteiger partial charge on any atom is -0.311 e. The maximum atomic E-state index is 4.60. The lowest BCUT2D eigenvalue weighted by Crippen LogP contribution is -2.61. The summed E-state index contributed by atoms with van der Waals surface area (Å²) in [5.74, 6) is 2.25. The highest BCUT2D eigenvalue weighted by atomic mass is 15.2. The molecule has 0 spiro atoms. The van der Waals surface area contributed by atoms with E-state index in [4.69, 9.17) is 0 Å². The van der Waals surface area contributed by atoms with Crippen LogP contribution in [0.25, 0.3) is 0 Å². The molecule has 0 fully saturated rings. The molecular weight excluding hydrogens is 751 g/mol. The smallest absolute Gasteiger partial charge is 0.252 e. The fourth-order valence-corrected chi connectivity index (χ4v) is 9.12. The normalized spacial score (nSPS) is 11.8. The van der Waals surface area contributed by atoms with E-state index in [1.807, 2.05) is 0 Å². The summed E-state index contributed by atoms with van der Waals surface area (Å²) in [6.07, 6.45) is 4.60. The predicted molar refractivity (Wildman–Crippen MR) is 264 cm³/mol. The molecule has 0 saturated heterocycles. The van der Waals surface area contributed by atoms with Gasteiger partial charge in [0.05, 0.1) is 0 Å². The van der Waals surface area contributed by atoms with Crippen molar-refractivity contribution in [3.63, 3.8) is 0 Å². The fraction of sp³-hybridized carbons (Fsp3) is 0.0175. The monoisotopic (exact) mass is 794 g/mol. The summed E-state index contributed by atoms with van der Waals surface area (Å²) in [6.45, 7) is 1.69. The van der Waals surface area contributed by atoms with Crippen molar-refractivity contribution >= 4 is 91.3 Å². The van der Waals surface area contributed by atoms with Crippen LogP contribution in [0.1, 0.15) is 6.92 Å². The van der Waals surface area contributed by atoms with Gasteiger partial charge in [-0.15, -0.1) is 12.3 Å². The maximum absolute atomic E-state index is 4.60. The van der Waals surface area contributed by atoms with Gasteiger partial charge in [0, 0.05) is 68.2 Å². The topological polar surface area (TPSA) is 13.0 Å². The van der Waals surface area contributed by atoms with Gasteiger partial charge in [0.2, 0.25) is 0 Å². The number of benzene rings is 9. The number of fused-ring (bicyclic) bond motifs is 4. The molecule has 0 aliphatic carbocycles. The molecule has 5 heteroatoms. The summed E-state index contributed by atoms with van der Waals surface area (Å²) in [5.41, 5.74) is 17.4. The van der Waals surface area contributed by atoms with E-state index in [0.29, 0.717) is 0 Å². The van der Waals surface area contributed by atoms with Gasteiger partial charge in [0.15, 0.2) is 0 Å². The Balaban J connectivity index is 0.00000149.